The van der Waals surface area contributed by atoms with E-state index in [4.69, 9.17) is 10.5 Å². The fraction of sp³-hybridized carbons (Fsp3) is 0.857. The number of hydrogen-bond acceptors (Lipinski definition) is 3. The maximum Gasteiger partial charge on any atom is 0.0662 e. The van der Waals surface area contributed by atoms with Gasteiger partial charge in [-0.1, -0.05) is 26.8 Å². The summed E-state index contributed by atoms with van der Waals surface area (Å²) in [6, 6.07) is 0. The van der Waals surface area contributed by atoms with Gasteiger partial charge in [-0.3, -0.25) is 4.90 Å². The lowest BCUT2D eigenvalue weighted by molar-refractivity contribution is -0.155. The normalized spacial score (nSPS) is 31.3. The minimum absolute atomic E-state index is 0.0532. The van der Waals surface area contributed by atoms with E-state index in [1.807, 2.05) is 13.0 Å². The molecule has 2 atom stereocenters. The molecule has 0 radical (unpaired) electrons. The Labute approximate surface area is 106 Å². The van der Waals surface area contributed by atoms with Crippen LogP contribution in [0.25, 0.3) is 0 Å². The van der Waals surface area contributed by atoms with E-state index in [1.165, 1.54) is 0 Å². The van der Waals surface area contributed by atoms with Crippen LogP contribution < -0.4 is 5.73 Å². The smallest absolute Gasteiger partial charge is 0.0662 e. The summed E-state index contributed by atoms with van der Waals surface area (Å²) in [5.41, 5.74) is 6.47. The fourth-order valence-corrected chi connectivity index (χ4v) is 2.66. The molecule has 0 bridgehead atoms. The fourth-order valence-electron chi connectivity index (χ4n) is 2.66. The van der Waals surface area contributed by atoms with Crippen molar-refractivity contribution in [3.8, 4) is 0 Å². The van der Waals surface area contributed by atoms with Crippen LogP contribution in [0.4, 0.5) is 0 Å². The second-order valence-corrected chi connectivity index (χ2v) is 5.64. The molecule has 0 heterocycles. The Kier molecular flexibility index (Phi) is 4.76. The highest BCUT2D eigenvalue weighted by Gasteiger charge is 2.58. The summed E-state index contributed by atoms with van der Waals surface area (Å²) in [4.78, 5) is 2.34. The number of nitrogens with two attached hydrogens (primary N) is 1. The van der Waals surface area contributed by atoms with Crippen LogP contribution in [-0.2, 0) is 4.74 Å². The predicted octanol–water partition coefficient (Wildman–Crippen LogP) is 2.03. The van der Waals surface area contributed by atoms with E-state index in [1.54, 1.807) is 0 Å². The van der Waals surface area contributed by atoms with Crippen molar-refractivity contribution in [1.29, 1.82) is 0 Å². The van der Waals surface area contributed by atoms with Crippen molar-refractivity contribution < 1.29 is 4.74 Å². The zero-order valence-corrected chi connectivity index (χ0v) is 11.8. The van der Waals surface area contributed by atoms with Crippen molar-refractivity contribution in [1.82, 2.24) is 4.90 Å². The first-order chi connectivity index (χ1) is 7.91. The monoisotopic (exact) mass is 240 g/mol. The van der Waals surface area contributed by atoms with E-state index >= 15 is 0 Å². The summed E-state index contributed by atoms with van der Waals surface area (Å²) in [7, 11) is 0. The molecule has 0 saturated heterocycles. The average molecular weight is 240 g/mol. The number of ether oxygens (including phenoxy) is 1. The van der Waals surface area contributed by atoms with Crippen LogP contribution in [-0.4, -0.2) is 42.8 Å². The van der Waals surface area contributed by atoms with Crippen molar-refractivity contribution in [2.24, 2.45) is 11.1 Å². The zero-order chi connectivity index (χ0) is 13.1. The van der Waals surface area contributed by atoms with Gasteiger partial charge in [-0.2, -0.15) is 0 Å². The van der Waals surface area contributed by atoms with Crippen LogP contribution >= 0.6 is 0 Å². The Morgan fingerprint density at radius 2 is 2.12 bits per heavy atom. The van der Waals surface area contributed by atoms with Gasteiger partial charge in [0.25, 0.3) is 0 Å². The van der Waals surface area contributed by atoms with Crippen molar-refractivity contribution in [2.75, 3.05) is 26.2 Å². The molecule has 100 valence electrons. The SMILES string of the molecule is C=CCN(CC)CC1(N)CC(OCC)C1(C)C. The minimum atomic E-state index is -0.133. The van der Waals surface area contributed by atoms with Crippen molar-refractivity contribution in [2.45, 2.75) is 45.8 Å². The lowest BCUT2D eigenvalue weighted by Gasteiger charge is -2.60. The van der Waals surface area contributed by atoms with Crippen LogP contribution in [0.3, 0.4) is 0 Å². The second kappa shape index (κ2) is 5.51. The third-order valence-corrected chi connectivity index (χ3v) is 4.35. The lowest BCUT2D eigenvalue weighted by Crippen LogP contribution is -2.73. The third-order valence-electron chi connectivity index (χ3n) is 4.35. The van der Waals surface area contributed by atoms with E-state index in [2.05, 4.69) is 32.3 Å². The molecule has 17 heavy (non-hydrogen) atoms. The first kappa shape index (κ1) is 14.7. The quantitative estimate of drug-likeness (QED) is 0.692. The highest BCUT2D eigenvalue weighted by molar-refractivity contribution is 5.14. The largest absolute Gasteiger partial charge is 0.378 e. The van der Waals surface area contributed by atoms with Gasteiger partial charge in [-0.15, -0.1) is 6.58 Å². The second-order valence-electron chi connectivity index (χ2n) is 5.64. The number of rotatable bonds is 7. The van der Waals surface area contributed by atoms with Gasteiger partial charge in [0.15, 0.2) is 0 Å². The summed E-state index contributed by atoms with van der Waals surface area (Å²) < 4.78 is 5.75. The first-order valence-corrected chi connectivity index (χ1v) is 6.65. The van der Waals surface area contributed by atoms with Gasteiger partial charge in [0.05, 0.1) is 6.10 Å². The molecule has 0 aromatic heterocycles. The summed E-state index contributed by atoms with van der Waals surface area (Å²) in [5.74, 6) is 0. The van der Waals surface area contributed by atoms with Crippen molar-refractivity contribution in [3.05, 3.63) is 12.7 Å². The molecule has 0 spiro atoms. The Morgan fingerprint density at radius 3 is 2.53 bits per heavy atom. The van der Waals surface area contributed by atoms with E-state index < -0.39 is 0 Å². The molecule has 1 fully saturated rings. The summed E-state index contributed by atoms with van der Waals surface area (Å²) in [6.07, 6.45) is 3.21. The van der Waals surface area contributed by atoms with Crippen LogP contribution in [0.2, 0.25) is 0 Å². The molecule has 3 nitrogen and oxygen atoms in total. The molecule has 2 unspecified atom stereocenters. The number of likely N-dealkylation sites (N-methyl/N-ethyl adjacent to an activating group) is 1. The van der Waals surface area contributed by atoms with Crippen molar-refractivity contribution in [3.63, 3.8) is 0 Å². The van der Waals surface area contributed by atoms with Crippen LogP contribution in [0.5, 0.6) is 0 Å². The first-order valence-electron chi connectivity index (χ1n) is 6.65. The molecular weight excluding hydrogens is 212 g/mol. The number of hydrogen-bond donors (Lipinski definition) is 1. The molecule has 1 rings (SSSR count). The topological polar surface area (TPSA) is 38.5 Å². The summed E-state index contributed by atoms with van der Waals surface area (Å²) >= 11 is 0. The van der Waals surface area contributed by atoms with Gasteiger partial charge < -0.3 is 10.5 Å². The molecule has 3 heteroatoms. The van der Waals surface area contributed by atoms with Crippen LogP contribution in [0.15, 0.2) is 12.7 Å². The summed E-state index contributed by atoms with van der Waals surface area (Å²) in [6.45, 7) is 16.1. The number of nitrogens with zero attached hydrogens (tertiary/aromatic N) is 1. The Balaban J connectivity index is 2.61. The molecule has 0 amide bonds. The van der Waals surface area contributed by atoms with Gasteiger partial charge in [-0.25, -0.2) is 0 Å². The maximum atomic E-state index is 6.55. The van der Waals surface area contributed by atoms with E-state index in [9.17, 15) is 0 Å². The molecule has 0 aromatic rings. The standard InChI is InChI=1S/C14H28N2O/c1-6-9-16(7-2)11-14(15)10-12(17-8-3)13(14,4)5/h6,12H,1,7-11,15H2,2-5H3. The van der Waals surface area contributed by atoms with Gasteiger partial charge in [-0.05, 0) is 19.9 Å². The van der Waals surface area contributed by atoms with Gasteiger partial charge in [0.2, 0.25) is 0 Å². The summed E-state index contributed by atoms with van der Waals surface area (Å²) in [5, 5.41) is 0. The Hall–Kier alpha value is -0.380. The van der Waals surface area contributed by atoms with Gasteiger partial charge in [0.1, 0.15) is 0 Å². The molecule has 1 saturated carbocycles. The zero-order valence-electron chi connectivity index (χ0n) is 11.8. The Morgan fingerprint density at radius 1 is 1.47 bits per heavy atom. The van der Waals surface area contributed by atoms with Crippen molar-refractivity contribution >= 4 is 0 Å². The van der Waals surface area contributed by atoms with Crippen LogP contribution in [0, 0.1) is 5.41 Å². The highest BCUT2D eigenvalue weighted by Crippen LogP contribution is 2.49. The molecule has 1 aliphatic rings. The van der Waals surface area contributed by atoms with E-state index in [0.717, 1.165) is 32.7 Å². The Bertz CT molecular complexity index is 265. The third kappa shape index (κ3) is 2.72. The molecule has 1 aliphatic carbocycles. The van der Waals surface area contributed by atoms with E-state index in [-0.39, 0.29) is 11.0 Å². The van der Waals surface area contributed by atoms with Crippen LogP contribution in [0.1, 0.15) is 34.1 Å². The molecule has 0 aromatic carbocycles. The minimum Gasteiger partial charge on any atom is -0.378 e. The van der Waals surface area contributed by atoms with Gasteiger partial charge in [0, 0.05) is 30.7 Å². The van der Waals surface area contributed by atoms with Gasteiger partial charge >= 0.3 is 0 Å². The molecular formula is C14H28N2O. The maximum absolute atomic E-state index is 6.55. The highest BCUT2D eigenvalue weighted by atomic mass is 16.5. The lowest BCUT2D eigenvalue weighted by atomic mass is 9.54. The molecule has 0 aliphatic heterocycles. The van der Waals surface area contributed by atoms with E-state index in [0.29, 0.717) is 6.10 Å². The molecule has 2 N–H and O–H groups in total. The average Bonchev–Trinajstić information content (AvgIpc) is 2.28. The predicted molar refractivity (Wildman–Crippen MR) is 73.0 cm³/mol.